The second-order valence-corrected chi connectivity index (χ2v) is 5.24. The summed E-state index contributed by atoms with van der Waals surface area (Å²) >= 11 is 11.8. The van der Waals surface area contributed by atoms with Crippen molar-refractivity contribution < 1.29 is 4.79 Å². The van der Waals surface area contributed by atoms with Crippen LogP contribution in [0.15, 0.2) is 23.3 Å². The van der Waals surface area contributed by atoms with Crippen LogP contribution in [0.25, 0.3) is 0 Å². The molecule has 0 bridgehead atoms. The molecule has 0 atom stereocenters. The lowest BCUT2D eigenvalue weighted by molar-refractivity contribution is -0.116. The number of nitrogens with one attached hydrogen (secondary N) is 1. The molecular weight excluding hydrogens is 317 g/mol. The molecule has 2 rings (SSSR count). The number of amides is 1. The Morgan fingerprint density at radius 2 is 2.14 bits per heavy atom. The third-order valence-electron chi connectivity index (χ3n) is 2.79. The number of hydrogen-bond donors (Lipinski definition) is 2. The van der Waals surface area contributed by atoms with Gasteiger partial charge in [0.15, 0.2) is 0 Å². The van der Waals surface area contributed by atoms with E-state index in [0.717, 1.165) is 0 Å². The predicted molar refractivity (Wildman–Crippen MR) is 81.6 cm³/mol. The summed E-state index contributed by atoms with van der Waals surface area (Å²) in [7, 11) is 1.58. The molecule has 9 heteroatoms. The van der Waals surface area contributed by atoms with Gasteiger partial charge in [-0.1, -0.05) is 23.2 Å². The Balaban J connectivity index is 2.03. The minimum atomic E-state index is -0.330. The molecule has 1 aromatic heterocycles. The SMILES string of the molecule is Cn1cnn(CCC(=O)Nc2c(N)cc(Cl)cc2Cl)c1=O. The molecule has 0 radical (unpaired) electrons. The average molecular weight is 330 g/mol. The Morgan fingerprint density at radius 1 is 1.43 bits per heavy atom. The number of aromatic nitrogens is 3. The molecular formula is C12H13Cl2N5O2. The summed E-state index contributed by atoms with van der Waals surface area (Å²) in [6, 6.07) is 2.98. The van der Waals surface area contributed by atoms with E-state index in [1.54, 1.807) is 7.05 Å². The van der Waals surface area contributed by atoms with Crippen molar-refractivity contribution in [3.63, 3.8) is 0 Å². The first-order chi connectivity index (χ1) is 9.88. The van der Waals surface area contributed by atoms with Crippen molar-refractivity contribution >= 4 is 40.5 Å². The summed E-state index contributed by atoms with van der Waals surface area (Å²) in [5.41, 5.74) is 6.04. The Hall–Kier alpha value is -1.99. The second-order valence-electron chi connectivity index (χ2n) is 4.40. The molecule has 0 saturated heterocycles. The molecule has 0 saturated carbocycles. The van der Waals surface area contributed by atoms with E-state index in [-0.39, 0.29) is 35.3 Å². The summed E-state index contributed by atoms with van der Waals surface area (Å²) in [6.07, 6.45) is 1.45. The number of nitrogens with zero attached hydrogens (tertiary/aromatic N) is 3. The van der Waals surface area contributed by atoms with Crippen LogP contribution in [0, 0.1) is 0 Å². The van der Waals surface area contributed by atoms with Gasteiger partial charge in [0.1, 0.15) is 6.33 Å². The van der Waals surface area contributed by atoms with Crippen molar-refractivity contribution in [2.75, 3.05) is 11.1 Å². The van der Waals surface area contributed by atoms with E-state index in [9.17, 15) is 9.59 Å². The summed E-state index contributed by atoms with van der Waals surface area (Å²) < 4.78 is 2.53. The van der Waals surface area contributed by atoms with Crippen LogP contribution in [0.2, 0.25) is 10.0 Å². The number of nitrogens with two attached hydrogens (primary N) is 1. The molecule has 0 unspecified atom stereocenters. The van der Waals surface area contributed by atoms with Gasteiger partial charge < -0.3 is 11.1 Å². The molecule has 3 N–H and O–H groups in total. The minimum Gasteiger partial charge on any atom is -0.397 e. The lowest BCUT2D eigenvalue weighted by atomic mass is 10.2. The Bertz CT molecular complexity index is 714. The second kappa shape index (κ2) is 6.19. The van der Waals surface area contributed by atoms with Crippen molar-refractivity contribution in [3.05, 3.63) is 39.0 Å². The number of rotatable bonds is 4. The topological polar surface area (TPSA) is 94.9 Å². The zero-order chi connectivity index (χ0) is 15.6. The number of halogens is 2. The fraction of sp³-hybridized carbons (Fsp3) is 0.250. The monoisotopic (exact) mass is 329 g/mol. The van der Waals surface area contributed by atoms with E-state index in [4.69, 9.17) is 28.9 Å². The molecule has 0 aliphatic heterocycles. The zero-order valence-electron chi connectivity index (χ0n) is 11.1. The lowest BCUT2D eigenvalue weighted by Gasteiger charge is -2.10. The molecule has 112 valence electrons. The highest BCUT2D eigenvalue weighted by atomic mass is 35.5. The molecule has 1 amide bonds. The van der Waals surface area contributed by atoms with E-state index in [1.165, 1.54) is 27.7 Å². The maximum absolute atomic E-state index is 11.9. The molecule has 1 heterocycles. The predicted octanol–water partition coefficient (Wildman–Crippen LogP) is 1.50. The van der Waals surface area contributed by atoms with Gasteiger partial charge in [0.25, 0.3) is 0 Å². The van der Waals surface area contributed by atoms with E-state index in [1.807, 2.05) is 0 Å². The van der Waals surface area contributed by atoms with Crippen molar-refractivity contribution in [3.8, 4) is 0 Å². The Labute approximate surface area is 130 Å². The number of hydrogen-bond acceptors (Lipinski definition) is 4. The van der Waals surface area contributed by atoms with Gasteiger partial charge in [0.2, 0.25) is 5.91 Å². The number of carbonyl (C=O) groups excluding carboxylic acids is 1. The highest BCUT2D eigenvalue weighted by Crippen LogP contribution is 2.32. The van der Waals surface area contributed by atoms with Crippen LogP contribution in [0.4, 0.5) is 11.4 Å². The highest BCUT2D eigenvalue weighted by molar-refractivity contribution is 6.37. The highest BCUT2D eigenvalue weighted by Gasteiger charge is 2.11. The Kier molecular flexibility index (Phi) is 4.54. The van der Waals surface area contributed by atoms with Crippen LogP contribution in [-0.4, -0.2) is 20.3 Å². The first-order valence-corrected chi connectivity index (χ1v) is 6.77. The summed E-state index contributed by atoms with van der Waals surface area (Å²) in [6.45, 7) is 0.163. The molecule has 2 aromatic rings. The van der Waals surface area contributed by atoms with E-state index < -0.39 is 0 Å². The third-order valence-corrected chi connectivity index (χ3v) is 3.30. The van der Waals surface area contributed by atoms with Gasteiger partial charge >= 0.3 is 5.69 Å². The van der Waals surface area contributed by atoms with Gasteiger partial charge in [0.05, 0.1) is 22.9 Å². The van der Waals surface area contributed by atoms with E-state index in [0.29, 0.717) is 10.7 Å². The molecule has 1 aromatic carbocycles. The smallest absolute Gasteiger partial charge is 0.345 e. The minimum absolute atomic E-state index is 0.0648. The summed E-state index contributed by atoms with van der Waals surface area (Å²) in [5, 5.41) is 7.10. The van der Waals surface area contributed by atoms with E-state index >= 15 is 0 Å². The first kappa shape index (κ1) is 15.4. The van der Waals surface area contributed by atoms with Crippen molar-refractivity contribution in [2.24, 2.45) is 7.05 Å². The number of benzene rings is 1. The van der Waals surface area contributed by atoms with Crippen LogP contribution < -0.4 is 16.7 Å². The Morgan fingerprint density at radius 3 is 2.71 bits per heavy atom. The molecule has 0 fully saturated rings. The normalized spacial score (nSPS) is 10.6. The van der Waals surface area contributed by atoms with Crippen LogP contribution >= 0.6 is 23.2 Å². The molecule has 0 spiro atoms. The molecule has 0 aliphatic rings. The fourth-order valence-corrected chi connectivity index (χ4v) is 2.27. The van der Waals surface area contributed by atoms with Crippen molar-refractivity contribution in [1.82, 2.24) is 14.3 Å². The van der Waals surface area contributed by atoms with Crippen LogP contribution in [-0.2, 0) is 18.4 Å². The molecule has 21 heavy (non-hydrogen) atoms. The lowest BCUT2D eigenvalue weighted by Crippen LogP contribution is -2.25. The van der Waals surface area contributed by atoms with Gasteiger partial charge in [-0.2, -0.15) is 5.10 Å². The number of anilines is 2. The zero-order valence-corrected chi connectivity index (χ0v) is 12.6. The number of aryl methyl sites for hydroxylation is 2. The van der Waals surface area contributed by atoms with E-state index in [2.05, 4.69) is 10.4 Å². The molecule has 0 aliphatic carbocycles. The summed E-state index contributed by atoms with van der Waals surface area (Å²) in [5.74, 6) is -0.330. The van der Waals surface area contributed by atoms with Gasteiger partial charge in [-0.05, 0) is 12.1 Å². The fourth-order valence-electron chi connectivity index (χ4n) is 1.71. The summed E-state index contributed by atoms with van der Waals surface area (Å²) in [4.78, 5) is 23.4. The maximum Gasteiger partial charge on any atom is 0.345 e. The average Bonchev–Trinajstić information content (AvgIpc) is 2.72. The maximum atomic E-state index is 11.9. The van der Waals surface area contributed by atoms with Crippen molar-refractivity contribution in [1.29, 1.82) is 0 Å². The third kappa shape index (κ3) is 3.56. The van der Waals surface area contributed by atoms with Gasteiger partial charge in [-0.15, -0.1) is 0 Å². The molecule has 7 nitrogen and oxygen atoms in total. The van der Waals surface area contributed by atoms with Crippen LogP contribution in [0.1, 0.15) is 6.42 Å². The quantitative estimate of drug-likeness (QED) is 0.831. The van der Waals surface area contributed by atoms with Crippen molar-refractivity contribution in [2.45, 2.75) is 13.0 Å². The number of nitrogen functional groups attached to an aromatic ring is 1. The standard InChI is InChI=1S/C12H13Cl2N5O2/c1-18-6-16-19(12(18)21)3-2-10(20)17-11-8(14)4-7(13)5-9(11)15/h4-6H,2-3,15H2,1H3,(H,17,20). The first-order valence-electron chi connectivity index (χ1n) is 6.01. The van der Waals surface area contributed by atoms with Gasteiger partial charge in [0, 0.05) is 18.5 Å². The largest absolute Gasteiger partial charge is 0.397 e. The van der Waals surface area contributed by atoms with Gasteiger partial charge in [-0.25, -0.2) is 9.48 Å². The van der Waals surface area contributed by atoms with Gasteiger partial charge in [-0.3, -0.25) is 9.36 Å². The van der Waals surface area contributed by atoms with Crippen LogP contribution in [0.3, 0.4) is 0 Å². The van der Waals surface area contributed by atoms with Crippen LogP contribution in [0.5, 0.6) is 0 Å². The number of carbonyl (C=O) groups is 1.